The number of fused-ring (bicyclic) bond motifs is 5. The molecule has 3 fully saturated rings. The number of aryl methyl sites for hydroxylation is 1. The quantitative estimate of drug-likeness (QED) is 0.573. The Labute approximate surface area is 176 Å². The Kier molecular flexibility index (Phi) is 5.38. The van der Waals surface area contributed by atoms with Gasteiger partial charge in [0.15, 0.2) is 6.61 Å². The molecule has 2 bridgehead atoms. The van der Waals surface area contributed by atoms with Crippen LogP contribution in [0.5, 0.6) is 0 Å². The maximum atomic E-state index is 13.1. The number of carbonyl (C=O) groups is 4. The summed E-state index contributed by atoms with van der Waals surface area (Å²) < 4.78 is 5.23. The number of likely N-dealkylation sites (tertiary alicyclic amines) is 1. The molecule has 3 amide bonds. The fourth-order valence-corrected chi connectivity index (χ4v) is 5.44. The van der Waals surface area contributed by atoms with E-state index in [4.69, 9.17) is 4.74 Å². The number of hydrogen-bond acceptors (Lipinski definition) is 5. The maximum Gasteiger partial charge on any atom is 0.330 e. The third-order valence-corrected chi connectivity index (χ3v) is 6.79. The van der Waals surface area contributed by atoms with Gasteiger partial charge in [0.1, 0.15) is 6.04 Å². The average molecular weight is 412 g/mol. The van der Waals surface area contributed by atoms with Gasteiger partial charge in [0.05, 0.1) is 11.8 Å². The van der Waals surface area contributed by atoms with Crippen molar-refractivity contribution in [2.45, 2.75) is 46.1 Å². The zero-order valence-electron chi connectivity index (χ0n) is 17.6. The Balaban J connectivity index is 1.41. The van der Waals surface area contributed by atoms with Crippen LogP contribution in [0.1, 0.15) is 38.7 Å². The highest BCUT2D eigenvalue weighted by molar-refractivity contribution is 6.08. The van der Waals surface area contributed by atoms with Gasteiger partial charge in [-0.25, -0.2) is 4.79 Å². The van der Waals surface area contributed by atoms with Gasteiger partial charge in [0.25, 0.3) is 5.91 Å². The van der Waals surface area contributed by atoms with E-state index >= 15 is 0 Å². The summed E-state index contributed by atoms with van der Waals surface area (Å²) in [4.78, 5) is 52.2. The van der Waals surface area contributed by atoms with Crippen LogP contribution in [-0.2, 0) is 23.9 Å². The topological polar surface area (TPSA) is 92.8 Å². The number of nitrogens with zero attached hydrogens (tertiary/aromatic N) is 1. The van der Waals surface area contributed by atoms with Crippen LogP contribution in [0.15, 0.2) is 24.3 Å². The zero-order chi connectivity index (χ0) is 21.6. The summed E-state index contributed by atoms with van der Waals surface area (Å²) in [6, 6.07) is 6.26. The Morgan fingerprint density at radius 3 is 2.17 bits per heavy atom. The first-order chi connectivity index (χ1) is 14.3. The second-order valence-electron chi connectivity index (χ2n) is 9.14. The van der Waals surface area contributed by atoms with Crippen molar-refractivity contribution >= 4 is 29.4 Å². The van der Waals surface area contributed by atoms with Crippen molar-refractivity contribution in [3.8, 4) is 0 Å². The molecule has 1 heterocycles. The van der Waals surface area contributed by atoms with Gasteiger partial charge < -0.3 is 10.1 Å². The van der Waals surface area contributed by atoms with E-state index in [-0.39, 0.29) is 41.4 Å². The molecule has 0 spiro atoms. The molecule has 7 heteroatoms. The molecule has 1 aliphatic heterocycles. The molecule has 2 saturated carbocycles. The molecular formula is C23H28N2O5. The number of anilines is 1. The number of esters is 1. The van der Waals surface area contributed by atoms with Crippen LogP contribution >= 0.6 is 0 Å². The van der Waals surface area contributed by atoms with E-state index in [1.165, 1.54) is 0 Å². The van der Waals surface area contributed by atoms with Crippen LogP contribution in [0, 0.1) is 36.5 Å². The predicted octanol–water partition coefficient (Wildman–Crippen LogP) is 2.53. The molecule has 1 N–H and O–H groups in total. The standard InChI is InChI=1S/C23H28N2O5/c1-12(2)20(23(29)30-11-17(26)24-16-8-4-13(3)5-9-16)25-21(27)18-14-6-7-15(10-14)19(18)22(25)28/h4-5,8-9,12,14-15,18-20H,6-7,10-11H2,1-3H3,(H,24,26)/t14-,15-,18-,19-,20+/m0/s1. The van der Waals surface area contributed by atoms with E-state index in [9.17, 15) is 19.2 Å². The summed E-state index contributed by atoms with van der Waals surface area (Å²) in [5, 5.41) is 2.67. The zero-order valence-corrected chi connectivity index (χ0v) is 17.6. The van der Waals surface area contributed by atoms with E-state index in [1.54, 1.807) is 26.0 Å². The Bertz CT molecular complexity index is 850. The third kappa shape index (κ3) is 3.50. The molecule has 0 radical (unpaired) electrons. The number of carbonyl (C=O) groups excluding carboxylic acids is 4. The minimum atomic E-state index is -0.998. The molecule has 160 valence electrons. The Morgan fingerprint density at radius 1 is 1.07 bits per heavy atom. The van der Waals surface area contributed by atoms with E-state index in [1.807, 2.05) is 19.1 Å². The van der Waals surface area contributed by atoms with Crippen molar-refractivity contribution in [3.63, 3.8) is 0 Å². The number of imide groups is 1. The summed E-state index contributed by atoms with van der Waals surface area (Å²) >= 11 is 0. The van der Waals surface area contributed by atoms with Crippen molar-refractivity contribution in [3.05, 3.63) is 29.8 Å². The lowest BCUT2D eigenvalue weighted by Crippen LogP contribution is -2.50. The van der Waals surface area contributed by atoms with Gasteiger partial charge in [-0.2, -0.15) is 0 Å². The number of hydrogen-bond donors (Lipinski definition) is 1. The molecule has 1 saturated heterocycles. The lowest BCUT2D eigenvalue weighted by Gasteiger charge is -2.28. The maximum absolute atomic E-state index is 13.1. The van der Waals surface area contributed by atoms with Crippen molar-refractivity contribution in [2.75, 3.05) is 11.9 Å². The van der Waals surface area contributed by atoms with E-state index in [0.29, 0.717) is 5.69 Å². The van der Waals surface area contributed by atoms with Gasteiger partial charge >= 0.3 is 5.97 Å². The largest absolute Gasteiger partial charge is 0.454 e. The van der Waals surface area contributed by atoms with E-state index in [0.717, 1.165) is 29.7 Å². The van der Waals surface area contributed by atoms with Gasteiger partial charge in [0.2, 0.25) is 11.8 Å². The van der Waals surface area contributed by atoms with Crippen LogP contribution in [0.25, 0.3) is 0 Å². The fourth-order valence-electron chi connectivity index (χ4n) is 5.44. The molecule has 1 aromatic rings. The molecule has 1 aromatic carbocycles. The first-order valence-corrected chi connectivity index (χ1v) is 10.7. The van der Waals surface area contributed by atoms with Crippen LogP contribution in [-0.4, -0.2) is 41.2 Å². The van der Waals surface area contributed by atoms with Gasteiger partial charge in [-0.15, -0.1) is 0 Å². The molecule has 2 aliphatic carbocycles. The molecule has 0 unspecified atom stereocenters. The molecule has 7 nitrogen and oxygen atoms in total. The highest BCUT2D eigenvalue weighted by Gasteiger charge is 2.62. The van der Waals surface area contributed by atoms with Crippen LogP contribution in [0.3, 0.4) is 0 Å². The molecule has 30 heavy (non-hydrogen) atoms. The first-order valence-electron chi connectivity index (χ1n) is 10.7. The second-order valence-corrected chi connectivity index (χ2v) is 9.14. The highest BCUT2D eigenvalue weighted by atomic mass is 16.5. The van der Waals surface area contributed by atoms with Gasteiger partial charge in [-0.05, 0) is 56.1 Å². The summed E-state index contributed by atoms with van der Waals surface area (Å²) in [5.74, 6) is -2.01. The van der Waals surface area contributed by atoms with Crippen molar-refractivity contribution < 1.29 is 23.9 Å². The Hall–Kier alpha value is -2.70. The normalized spacial score (nSPS) is 28.1. The van der Waals surface area contributed by atoms with E-state index in [2.05, 4.69) is 5.32 Å². The monoisotopic (exact) mass is 412 g/mol. The fraction of sp³-hybridized carbons (Fsp3) is 0.565. The minimum Gasteiger partial charge on any atom is -0.454 e. The molecule has 5 atom stereocenters. The summed E-state index contributed by atoms with van der Waals surface area (Å²) in [7, 11) is 0. The van der Waals surface area contributed by atoms with Crippen molar-refractivity contribution in [2.24, 2.45) is 29.6 Å². The van der Waals surface area contributed by atoms with E-state index < -0.39 is 24.5 Å². The summed E-state index contributed by atoms with van der Waals surface area (Å²) in [5.41, 5.74) is 1.67. The van der Waals surface area contributed by atoms with Crippen LogP contribution in [0.2, 0.25) is 0 Å². The molecule has 4 rings (SSSR count). The number of amides is 3. The summed E-state index contributed by atoms with van der Waals surface area (Å²) in [6.45, 7) is 5.04. The second kappa shape index (κ2) is 7.85. The summed E-state index contributed by atoms with van der Waals surface area (Å²) in [6.07, 6.45) is 2.90. The lowest BCUT2D eigenvalue weighted by atomic mass is 9.81. The molecule has 0 aromatic heterocycles. The van der Waals surface area contributed by atoms with Crippen LogP contribution < -0.4 is 5.32 Å². The van der Waals surface area contributed by atoms with Crippen molar-refractivity contribution in [1.29, 1.82) is 0 Å². The number of rotatable bonds is 6. The SMILES string of the molecule is Cc1ccc(NC(=O)COC(=O)[C@@H](C(C)C)N2C(=O)[C@H]3[C@H]4CC[C@@H](C4)[C@@H]3C2=O)cc1. The number of benzene rings is 1. The lowest BCUT2D eigenvalue weighted by molar-refractivity contribution is -0.162. The van der Waals surface area contributed by atoms with Gasteiger partial charge in [0, 0.05) is 5.69 Å². The van der Waals surface area contributed by atoms with Crippen molar-refractivity contribution in [1.82, 2.24) is 4.90 Å². The van der Waals surface area contributed by atoms with Gasteiger partial charge in [-0.3, -0.25) is 19.3 Å². The first kappa shape index (κ1) is 20.6. The Morgan fingerprint density at radius 2 is 1.63 bits per heavy atom. The predicted molar refractivity (Wildman–Crippen MR) is 109 cm³/mol. The minimum absolute atomic E-state index is 0.239. The average Bonchev–Trinajstić information content (AvgIpc) is 3.38. The number of nitrogens with one attached hydrogen (secondary N) is 1. The molecular weight excluding hydrogens is 384 g/mol. The van der Waals surface area contributed by atoms with Crippen LogP contribution in [0.4, 0.5) is 5.69 Å². The molecule has 3 aliphatic rings. The number of ether oxygens (including phenoxy) is 1. The third-order valence-electron chi connectivity index (χ3n) is 6.79. The smallest absolute Gasteiger partial charge is 0.330 e. The van der Waals surface area contributed by atoms with Gasteiger partial charge in [-0.1, -0.05) is 31.5 Å². The highest BCUT2D eigenvalue weighted by Crippen LogP contribution is 2.56.